The lowest BCUT2D eigenvalue weighted by Crippen LogP contribution is -2.20. The molecule has 146 valence electrons. The van der Waals surface area contributed by atoms with Crippen molar-refractivity contribution in [1.82, 2.24) is 25.0 Å². The second kappa shape index (κ2) is 8.15. The molecule has 0 saturated carbocycles. The van der Waals surface area contributed by atoms with Crippen molar-refractivity contribution in [2.24, 2.45) is 0 Å². The highest BCUT2D eigenvalue weighted by Gasteiger charge is 2.15. The van der Waals surface area contributed by atoms with Crippen LogP contribution in [0.15, 0.2) is 60.9 Å². The predicted molar refractivity (Wildman–Crippen MR) is 112 cm³/mol. The largest absolute Gasteiger partial charge is 0.324 e. The van der Waals surface area contributed by atoms with Gasteiger partial charge in [0.15, 0.2) is 5.82 Å². The minimum atomic E-state index is -0.419. The van der Waals surface area contributed by atoms with E-state index < -0.39 is 6.03 Å². The molecule has 0 spiro atoms. The number of amides is 2. The monoisotopic (exact) mass is 407 g/mol. The van der Waals surface area contributed by atoms with Crippen LogP contribution in [-0.4, -0.2) is 31.0 Å². The Bertz CT molecular complexity index is 1140. The maximum atomic E-state index is 12.5. The third kappa shape index (κ3) is 3.97. The number of urea groups is 1. The lowest BCUT2D eigenvalue weighted by molar-refractivity contribution is 0.262. The summed E-state index contributed by atoms with van der Waals surface area (Å²) in [5.74, 6) is 0.389. The molecule has 8 nitrogen and oxygen atoms in total. The first-order valence-corrected chi connectivity index (χ1v) is 9.40. The standard InChI is InChI=1S/C20H18ClN7O/c1-2-17-16(12-23-28(17)18-9-4-3-7-13(18)21)24-20(29)25-19-11-15(26-27-19)14-8-5-6-10-22-14/h3-12H,2H2,1H3,(H3,24,25,26,27,29). The molecule has 0 unspecified atom stereocenters. The molecule has 9 heteroatoms. The zero-order valence-corrected chi connectivity index (χ0v) is 16.3. The number of rotatable bonds is 5. The molecule has 0 aliphatic rings. The van der Waals surface area contributed by atoms with Crippen molar-refractivity contribution in [2.75, 3.05) is 10.6 Å². The van der Waals surface area contributed by atoms with E-state index in [1.807, 2.05) is 43.3 Å². The summed E-state index contributed by atoms with van der Waals surface area (Å²) in [7, 11) is 0. The van der Waals surface area contributed by atoms with E-state index in [9.17, 15) is 4.79 Å². The molecule has 2 amide bonds. The highest BCUT2D eigenvalue weighted by atomic mass is 35.5. The summed E-state index contributed by atoms with van der Waals surface area (Å²) in [5.41, 5.74) is 3.64. The molecule has 3 N–H and O–H groups in total. The molecular formula is C20H18ClN7O. The van der Waals surface area contributed by atoms with Crippen molar-refractivity contribution in [2.45, 2.75) is 13.3 Å². The van der Waals surface area contributed by atoms with Gasteiger partial charge >= 0.3 is 6.03 Å². The average Bonchev–Trinajstić information content (AvgIpc) is 3.36. The van der Waals surface area contributed by atoms with Crippen molar-refractivity contribution >= 4 is 29.1 Å². The number of aromatic amines is 1. The number of benzene rings is 1. The summed E-state index contributed by atoms with van der Waals surface area (Å²) in [5, 5.41) is 17.5. The number of hydrogen-bond acceptors (Lipinski definition) is 4. The van der Waals surface area contributed by atoms with Crippen molar-refractivity contribution in [1.29, 1.82) is 0 Å². The van der Waals surface area contributed by atoms with E-state index in [1.54, 1.807) is 29.2 Å². The topological polar surface area (TPSA) is 101 Å². The number of aromatic nitrogens is 5. The Kier molecular flexibility index (Phi) is 5.26. The fraction of sp³-hybridized carbons (Fsp3) is 0.100. The van der Waals surface area contributed by atoms with E-state index in [0.717, 1.165) is 17.1 Å². The molecule has 3 aromatic heterocycles. The lowest BCUT2D eigenvalue weighted by Gasteiger charge is -2.10. The third-order valence-electron chi connectivity index (χ3n) is 4.29. The SMILES string of the molecule is CCc1c(NC(=O)Nc2cc(-c3ccccn3)[nH]n2)cnn1-c1ccccc1Cl. The summed E-state index contributed by atoms with van der Waals surface area (Å²) in [6.07, 6.45) is 3.96. The highest BCUT2D eigenvalue weighted by Crippen LogP contribution is 2.25. The van der Waals surface area contributed by atoms with Gasteiger partial charge in [0.2, 0.25) is 0 Å². The number of nitrogens with zero attached hydrogens (tertiary/aromatic N) is 4. The molecule has 0 atom stereocenters. The number of carbonyl (C=O) groups is 1. The van der Waals surface area contributed by atoms with Gasteiger partial charge in [-0.15, -0.1) is 0 Å². The first kappa shape index (κ1) is 18.7. The van der Waals surface area contributed by atoms with Crippen LogP contribution in [0.4, 0.5) is 16.3 Å². The number of nitrogens with one attached hydrogen (secondary N) is 3. The fourth-order valence-corrected chi connectivity index (χ4v) is 3.17. The van der Waals surface area contributed by atoms with Crippen LogP contribution >= 0.6 is 11.6 Å². The smallest absolute Gasteiger partial charge is 0.305 e. The third-order valence-corrected chi connectivity index (χ3v) is 4.61. The Balaban J connectivity index is 1.49. The Morgan fingerprint density at radius 1 is 1.17 bits per heavy atom. The van der Waals surface area contributed by atoms with Gasteiger partial charge in [-0.1, -0.05) is 36.7 Å². The van der Waals surface area contributed by atoms with Crippen LogP contribution in [0, 0.1) is 0 Å². The van der Waals surface area contributed by atoms with Crippen molar-refractivity contribution in [3.05, 3.63) is 71.6 Å². The second-order valence-electron chi connectivity index (χ2n) is 6.18. The Morgan fingerprint density at radius 2 is 2.00 bits per heavy atom. The second-order valence-corrected chi connectivity index (χ2v) is 6.59. The number of anilines is 2. The molecule has 4 rings (SSSR count). The molecule has 0 radical (unpaired) electrons. The van der Waals surface area contributed by atoms with Gasteiger partial charge in [0, 0.05) is 12.3 Å². The van der Waals surface area contributed by atoms with Crippen LogP contribution < -0.4 is 10.6 Å². The van der Waals surface area contributed by atoms with E-state index in [1.165, 1.54) is 0 Å². The number of H-pyrrole nitrogens is 1. The summed E-state index contributed by atoms with van der Waals surface area (Å²) < 4.78 is 1.73. The minimum Gasteiger partial charge on any atom is -0.305 e. The van der Waals surface area contributed by atoms with Gasteiger partial charge in [-0.2, -0.15) is 10.2 Å². The maximum Gasteiger partial charge on any atom is 0.324 e. The molecule has 0 aliphatic carbocycles. The van der Waals surface area contributed by atoms with Crippen molar-refractivity contribution in [3.63, 3.8) is 0 Å². The van der Waals surface area contributed by atoms with E-state index >= 15 is 0 Å². The van der Waals surface area contributed by atoms with Gasteiger partial charge in [0.1, 0.15) is 0 Å². The van der Waals surface area contributed by atoms with Gasteiger partial charge < -0.3 is 5.32 Å². The van der Waals surface area contributed by atoms with Gasteiger partial charge in [-0.3, -0.25) is 15.4 Å². The van der Waals surface area contributed by atoms with Crippen LogP contribution in [-0.2, 0) is 6.42 Å². The summed E-state index contributed by atoms with van der Waals surface area (Å²) in [4.78, 5) is 16.7. The first-order chi connectivity index (χ1) is 14.2. The van der Waals surface area contributed by atoms with Gasteiger partial charge in [-0.25, -0.2) is 9.48 Å². The zero-order chi connectivity index (χ0) is 20.2. The van der Waals surface area contributed by atoms with Crippen LogP contribution in [0.2, 0.25) is 5.02 Å². The molecule has 29 heavy (non-hydrogen) atoms. The predicted octanol–water partition coefficient (Wildman–Crippen LogP) is 4.52. The van der Waals surface area contributed by atoms with Gasteiger partial charge in [0.25, 0.3) is 0 Å². The quantitative estimate of drug-likeness (QED) is 0.452. The van der Waals surface area contributed by atoms with Crippen LogP contribution in [0.25, 0.3) is 17.1 Å². The highest BCUT2D eigenvalue weighted by molar-refractivity contribution is 6.32. The van der Waals surface area contributed by atoms with E-state index in [0.29, 0.717) is 28.6 Å². The van der Waals surface area contributed by atoms with Crippen LogP contribution in [0.3, 0.4) is 0 Å². The van der Waals surface area contributed by atoms with Gasteiger partial charge in [-0.05, 0) is 30.7 Å². The molecule has 1 aromatic carbocycles. The first-order valence-electron chi connectivity index (χ1n) is 9.02. The lowest BCUT2D eigenvalue weighted by atomic mass is 10.2. The molecule has 0 fully saturated rings. The maximum absolute atomic E-state index is 12.5. The van der Waals surface area contributed by atoms with Crippen LogP contribution in [0.5, 0.6) is 0 Å². The minimum absolute atomic E-state index is 0.389. The summed E-state index contributed by atoms with van der Waals surface area (Å²) in [6.45, 7) is 1.99. The van der Waals surface area contributed by atoms with Crippen LogP contribution in [0.1, 0.15) is 12.6 Å². The van der Waals surface area contributed by atoms with E-state index in [2.05, 4.69) is 30.9 Å². The molecule has 4 aromatic rings. The average molecular weight is 408 g/mol. The number of carbonyl (C=O) groups excluding carboxylic acids is 1. The fourth-order valence-electron chi connectivity index (χ4n) is 2.96. The summed E-state index contributed by atoms with van der Waals surface area (Å²) >= 11 is 6.29. The zero-order valence-electron chi connectivity index (χ0n) is 15.6. The molecule has 0 aliphatic heterocycles. The van der Waals surface area contributed by atoms with Gasteiger partial charge in [0.05, 0.1) is 39.7 Å². The van der Waals surface area contributed by atoms with E-state index in [4.69, 9.17) is 11.6 Å². The number of hydrogen-bond donors (Lipinski definition) is 3. The normalized spacial score (nSPS) is 10.7. The summed E-state index contributed by atoms with van der Waals surface area (Å²) in [6, 6.07) is 14.3. The molecule has 0 bridgehead atoms. The Hall–Kier alpha value is -3.65. The number of halogens is 1. The Morgan fingerprint density at radius 3 is 2.76 bits per heavy atom. The van der Waals surface area contributed by atoms with Crippen molar-refractivity contribution < 1.29 is 4.79 Å². The van der Waals surface area contributed by atoms with E-state index in [-0.39, 0.29) is 0 Å². The number of pyridine rings is 1. The number of para-hydroxylation sites is 1. The molecule has 3 heterocycles. The molecular weight excluding hydrogens is 390 g/mol. The Labute approximate surface area is 171 Å². The molecule has 0 saturated heterocycles. The van der Waals surface area contributed by atoms with Crippen molar-refractivity contribution in [3.8, 4) is 17.1 Å².